The van der Waals surface area contributed by atoms with Crippen LogP contribution in [0.1, 0.15) is 36.2 Å². The summed E-state index contributed by atoms with van der Waals surface area (Å²) in [4.78, 5) is 15.0. The lowest BCUT2D eigenvalue weighted by molar-refractivity contribution is 0.00136. The highest BCUT2D eigenvalue weighted by Crippen LogP contribution is 2.31. The van der Waals surface area contributed by atoms with Gasteiger partial charge >= 0.3 is 0 Å². The number of nitrogens with zero attached hydrogens (tertiary/aromatic N) is 3. The molecule has 1 aromatic heterocycles. The number of aromatic nitrogens is 2. The second kappa shape index (κ2) is 8.51. The number of benzene rings is 1. The van der Waals surface area contributed by atoms with E-state index in [1.807, 2.05) is 0 Å². The van der Waals surface area contributed by atoms with Gasteiger partial charge in [-0.05, 0) is 44.1 Å². The monoisotopic (exact) mass is 402 g/mol. The van der Waals surface area contributed by atoms with Gasteiger partial charge in [0.2, 0.25) is 0 Å². The molecule has 2 aromatic rings. The van der Waals surface area contributed by atoms with Gasteiger partial charge in [-0.3, -0.25) is 14.4 Å². The molecule has 156 valence electrons. The first-order valence-corrected chi connectivity index (χ1v) is 10.2. The van der Waals surface area contributed by atoms with Crippen molar-refractivity contribution in [3.63, 3.8) is 0 Å². The van der Waals surface area contributed by atoms with E-state index in [4.69, 9.17) is 4.74 Å². The highest BCUT2D eigenvalue weighted by Gasteiger charge is 2.47. The second-order valence-electron chi connectivity index (χ2n) is 7.85. The van der Waals surface area contributed by atoms with Crippen molar-refractivity contribution < 1.29 is 19.0 Å². The lowest BCUT2D eigenvalue weighted by atomic mass is 10.0. The van der Waals surface area contributed by atoms with Crippen molar-refractivity contribution in [2.45, 2.75) is 50.0 Å². The number of likely N-dealkylation sites (tertiary alicyclic amines) is 1. The zero-order chi connectivity index (χ0) is 20.4. The summed E-state index contributed by atoms with van der Waals surface area (Å²) in [5, 5.41) is 18.2. The number of ether oxygens (including phenoxy) is 1. The van der Waals surface area contributed by atoms with E-state index in [1.165, 1.54) is 23.2 Å². The Balaban J connectivity index is 1.53. The SMILES string of the molecule is Cn1nccc1C(=O)N[C@@H]1C[C@@H](Oc2cccc(F)c2)[C@H](O)[C@H]1N1CCCCC1. The maximum atomic E-state index is 13.5. The second-order valence-corrected chi connectivity index (χ2v) is 7.85. The summed E-state index contributed by atoms with van der Waals surface area (Å²) in [5.74, 6) is -0.232. The zero-order valence-corrected chi connectivity index (χ0v) is 16.5. The molecule has 2 aliphatic rings. The fraction of sp³-hybridized carbons (Fsp3) is 0.524. The van der Waals surface area contributed by atoms with Crippen molar-refractivity contribution in [2.24, 2.45) is 7.05 Å². The summed E-state index contributed by atoms with van der Waals surface area (Å²) in [5.41, 5.74) is 0.464. The molecule has 0 radical (unpaired) electrons. The van der Waals surface area contributed by atoms with Gasteiger partial charge < -0.3 is 15.2 Å². The van der Waals surface area contributed by atoms with Gasteiger partial charge in [-0.25, -0.2) is 4.39 Å². The Hall–Kier alpha value is -2.45. The highest BCUT2D eigenvalue weighted by atomic mass is 19.1. The summed E-state index contributed by atoms with van der Waals surface area (Å²) in [6.45, 7) is 1.76. The van der Waals surface area contributed by atoms with Crippen LogP contribution in [0.5, 0.6) is 5.75 Å². The number of nitrogens with one attached hydrogen (secondary N) is 1. The number of aryl methyl sites for hydroxylation is 1. The number of rotatable bonds is 5. The van der Waals surface area contributed by atoms with Crippen LogP contribution in [-0.4, -0.2) is 63.1 Å². The number of halogens is 1. The minimum atomic E-state index is -0.784. The molecule has 7 nitrogen and oxygen atoms in total. The number of aliphatic hydroxyl groups is 1. The van der Waals surface area contributed by atoms with Crippen molar-refractivity contribution in [2.75, 3.05) is 13.1 Å². The van der Waals surface area contributed by atoms with Gasteiger partial charge in [0, 0.05) is 25.7 Å². The van der Waals surface area contributed by atoms with Crippen LogP contribution in [0.2, 0.25) is 0 Å². The molecular formula is C21H27FN4O3. The Kier molecular flexibility index (Phi) is 5.82. The van der Waals surface area contributed by atoms with E-state index in [1.54, 1.807) is 31.4 Å². The summed E-state index contributed by atoms with van der Waals surface area (Å²) in [7, 11) is 1.72. The Morgan fingerprint density at radius 3 is 2.76 bits per heavy atom. The van der Waals surface area contributed by atoms with Crippen LogP contribution in [0.15, 0.2) is 36.5 Å². The Morgan fingerprint density at radius 1 is 1.28 bits per heavy atom. The van der Waals surface area contributed by atoms with E-state index in [0.717, 1.165) is 25.9 Å². The molecule has 1 saturated heterocycles. The number of carbonyl (C=O) groups is 1. The number of carbonyl (C=O) groups excluding carboxylic acids is 1. The summed E-state index contributed by atoms with van der Waals surface area (Å²) in [6.07, 6.45) is 4.03. The zero-order valence-electron chi connectivity index (χ0n) is 16.5. The van der Waals surface area contributed by atoms with Crippen molar-refractivity contribution in [3.8, 4) is 5.75 Å². The van der Waals surface area contributed by atoms with Crippen molar-refractivity contribution in [3.05, 3.63) is 48.0 Å². The van der Waals surface area contributed by atoms with Gasteiger partial charge in [-0.1, -0.05) is 12.5 Å². The van der Waals surface area contributed by atoms with Crippen molar-refractivity contribution in [1.82, 2.24) is 20.0 Å². The van der Waals surface area contributed by atoms with Crippen molar-refractivity contribution >= 4 is 5.91 Å². The topological polar surface area (TPSA) is 79.6 Å². The van der Waals surface area contributed by atoms with Gasteiger partial charge in [0.25, 0.3) is 5.91 Å². The van der Waals surface area contributed by atoms with Crippen LogP contribution in [0.25, 0.3) is 0 Å². The quantitative estimate of drug-likeness (QED) is 0.796. The molecule has 4 rings (SSSR count). The fourth-order valence-electron chi connectivity index (χ4n) is 4.49. The van der Waals surface area contributed by atoms with E-state index >= 15 is 0 Å². The Morgan fingerprint density at radius 2 is 2.07 bits per heavy atom. The molecule has 0 spiro atoms. The molecule has 2 N–H and O–H groups in total. The number of aliphatic hydroxyl groups excluding tert-OH is 1. The number of hydrogen-bond donors (Lipinski definition) is 2. The molecule has 1 amide bonds. The minimum absolute atomic E-state index is 0.226. The molecule has 1 saturated carbocycles. The molecule has 8 heteroatoms. The molecular weight excluding hydrogens is 375 g/mol. The molecule has 0 unspecified atom stereocenters. The van der Waals surface area contributed by atoms with Crippen LogP contribution in [-0.2, 0) is 7.05 Å². The van der Waals surface area contributed by atoms with Gasteiger partial charge in [-0.15, -0.1) is 0 Å². The third-order valence-corrected chi connectivity index (χ3v) is 5.90. The highest BCUT2D eigenvalue weighted by molar-refractivity contribution is 5.92. The average molecular weight is 402 g/mol. The van der Waals surface area contributed by atoms with E-state index < -0.39 is 12.2 Å². The summed E-state index contributed by atoms with van der Waals surface area (Å²) >= 11 is 0. The van der Waals surface area contributed by atoms with Crippen LogP contribution >= 0.6 is 0 Å². The van der Waals surface area contributed by atoms with Crippen LogP contribution in [0, 0.1) is 5.82 Å². The molecule has 1 aliphatic heterocycles. The normalized spacial score (nSPS) is 27.7. The van der Waals surface area contributed by atoms with Crippen LogP contribution in [0.4, 0.5) is 4.39 Å². The molecule has 0 bridgehead atoms. The van der Waals surface area contributed by atoms with Gasteiger partial charge in [0.1, 0.15) is 29.5 Å². The first-order chi connectivity index (χ1) is 14.0. The van der Waals surface area contributed by atoms with E-state index in [-0.39, 0.29) is 23.8 Å². The standard InChI is InChI=1S/C21H27FN4O3/c1-25-17(8-9-23-25)21(28)24-16-13-18(29-15-7-5-6-14(22)12-15)20(27)19(16)26-10-3-2-4-11-26/h5-9,12,16,18-20,27H,2-4,10-11,13H2,1H3,(H,24,28)/t16-,18-,19+,20+/m1/s1. The van der Waals surface area contributed by atoms with E-state index in [0.29, 0.717) is 17.9 Å². The van der Waals surface area contributed by atoms with Gasteiger partial charge in [0.05, 0.1) is 12.1 Å². The third-order valence-electron chi connectivity index (χ3n) is 5.90. The largest absolute Gasteiger partial charge is 0.487 e. The third kappa shape index (κ3) is 4.28. The Labute approximate surface area is 169 Å². The average Bonchev–Trinajstić information content (AvgIpc) is 3.26. The summed E-state index contributed by atoms with van der Waals surface area (Å²) < 4.78 is 21.0. The Bertz CT molecular complexity index is 852. The van der Waals surface area contributed by atoms with E-state index in [2.05, 4.69) is 15.3 Å². The predicted octanol–water partition coefficient (Wildman–Crippen LogP) is 1.72. The number of hydrogen-bond acceptors (Lipinski definition) is 5. The molecule has 29 heavy (non-hydrogen) atoms. The maximum Gasteiger partial charge on any atom is 0.269 e. The lowest BCUT2D eigenvalue weighted by Gasteiger charge is -2.37. The van der Waals surface area contributed by atoms with Gasteiger partial charge in [0.15, 0.2) is 0 Å². The summed E-state index contributed by atoms with van der Waals surface area (Å²) in [6, 6.07) is 7.06. The lowest BCUT2D eigenvalue weighted by Crippen LogP contribution is -2.54. The van der Waals surface area contributed by atoms with Crippen molar-refractivity contribution in [1.29, 1.82) is 0 Å². The van der Waals surface area contributed by atoms with Crippen LogP contribution < -0.4 is 10.1 Å². The van der Waals surface area contributed by atoms with E-state index in [9.17, 15) is 14.3 Å². The molecule has 1 aliphatic carbocycles. The molecule has 1 aromatic carbocycles. The first-order valence-electron chi connectivity index (χ1n) is 10.2. The maximum absolute atomic E-state index is 13.5. The van der Waals surface area contributed by atoms with Crippen LogP contribution in [0.3, 0.4) is 0 Å². The smallest absolute Gasteiger partial charge is 0.269 e. The minimum Gasteiger partial charge on any atom is -0.487 e. The molecule has 4 atom stereocenters. The predicted molar refractivity (Wildman–Crippen MR) is 105 cm³/mol. The number of amides is 1. The fourth-order valence-corrected chi connectivity index (χ4v) is 4.49. The van der Waals surface area contributed by atoms with Gasteiger partial charge in [-0.2, -0.15) is 5.10 Å². The molecule has 2 heterocycles. The number of piperidine rings is 1. The first kappa shape index (κ1) is 19.8. The molecule has 2 fully saturated rings.